The van der Waals surface area contributed by atoms with Gasteiger partial charge in [-0.25, -0.2) is 9.38 Å². The van der Waals surface area contributed by atoms with Gasteiger partial charge in [0.15, 0.2) is 5.96 Å². The van der Waals surface area contributed by atoms with Crippen LogP contribution in [0.3, 0.4) is 0 Å². The molecule has 0 atom stereocenters. The molecule has 1 aromatic rings. The number of halogens is 2. The Morgan fingerprint density at radius 1 is 1.29 bits per heavy atom. The second kappa shape index (κ2) is 11.3. The van der Waals surface area contributed by atoms with E-state index in [1.807, 2.05) is 13.8 Å². The summed E-state index contributed by atoms with van der Waals surface area (Å²) in [6.45, 7) is 5.50. The first-order chi connectivity index (χ1) is 9.65. The van der Waals surface area contributed by atoms with E-state index in [-0.39, 0.29) is 42.2 Å². The van der Waals surface area contributed by atoms with Crippen LogP contribution in [0, 0.1) is 5.82 Å². The third kappa shape index (κ3) is 8.49. The summed E-state index contributed by atoms with van der Waals surface area (Å²) in [6.07, 6.45) is 0.972. The number of benzene rings is 1. The van der Waals surface area contributed by atoms with Crippen molar-refractivity contribution in [1.29, 1.82) is 0 Å². The van der Waals surface area contributed by atoms with Crippen LogP contribution in [0.2, 0.25) is 0 Å². The predicted molar refractivity (Wildman–Crippen MR) is 94.7 cm³/mol. The molecule has 0 saturated heterocycles. The first-order valence-electron chi connectivity index (χ1n) is 6.73. The van der Waals surface area contributed by atoms with E-state index in [0.717, 1.165) is 19.5 Å². The van der Waals surface area contributed by atoms with Crippen molar-refractivity contribution in [3.05, 3.63) is 30.1 Å². The van der Waals surface area contributed by atoms with Crippen molar-refractivity contribution in [2.24, 2.45) is 4.99 Å². The third-order valence-corrected chi connectivity index (χ3v) is 2.38. The average molecular weight is 408 g/mol. The van der Waals surface area contributed by atoms with E-state index in [0.29, 0.717) is 11.6 Å². The molecule has 0 aromatic heterocycles. The van der Waals surface area contributed by atoms with Crippen LogP contribution < -0.4 is 16.0 Å². The highest BCUT2D eigenvalue weighted by atomic mass is 127. The molecule has 0 saturated carbocycles. The Balaban J connectivity index is 0.00000400. The molecule has 1 rings (SSSR count). The minimum Gasteiger partial charge on any atom is -0.357 e. The van der Waals surface area contributed by atoms with Crippen LogP contribution in [0.5, 0.6) is 0 Å². The summed E-state index contributed by atoms with van der Waals surface area (Å²) in [4.78, 5) is 15.9. The molecule has 0 bridgehead atoms. The van der Waals surface area contributed by atoms with Crippen LogP contribution in [0.1, 0.15) is 20.3 Å². The number of rotatable bonds is 6. The number of carbonyl (C=O) groups is 1. The zero-order valence-corrected chi connectivity index (χ0v) is 14.6. The lowest BCUT2D eigenvalue weighted by atomic mass is 10.3. The maximum atomic E-state index is 13.0. The van der Waals surface area contributed by atoms with Crippen molar-refractivity contribution >= 4 is 41.5 Å². The molecule has 0 radical (unpaired) electrons. The molecule has 1 aromatic carbocycles. The van der Waals surface area contributed by atoms with Gasteiger partial charge >= 0.3 is 0 Å². The van der Waals surface area contributed by atoms with Crippen molar-refractivity contribution in [1.82, 2.24) is 10.6 Å². The van der Waals surface area contributed by atoms with Gasteiger partial charge in [-0.1, -0.05) is 13.0 Å². The number of aliphatic imine (C=N–C) groups is 1. The van der Waals surface area contributed by atoms with Crippen molar-refractivity contribution in [3.63, 3.8) is 0 Å². The minimum atomic E-state index is -0.385. The largest absolute Gasteiger partial charge is 0.357 e. The van der Waals surface area contributed by atoms with Gasteiger partial charge in [0, 0.05) is 18.8 Å². The Bertz CT molecular complexity index is 468. The minimum absolute atomic E-state index is 0. The summed E-state index contributed by atoms with van der Waals surface area (Å²) in [7, 11) is 0. The smallest absolute Gasteiger partial charge is 0.246 e. The summed E-state index contributed by atoms with van der Waals surface area (Å²) in [6, 6.07) is 5.76. The fourth-order valence-corrected chi connectivity index (χ4v) is 1.50. The molecule has 0 aliphatic heterocycles. The van der Waals surface area contributed by atoms with Crippen LogP contribution in [-0.4, -0.2) is 31.5 Å². The van der Waals surface area contributed by atoms with E-state index >= 15 is 0 Å². The predicted octanol–water partition coefficient (Wildman–Crippen LogP) is 2.35. The van der Waals surface area contributed by atoms with Crippen LogP contribution in [-0.2, 0) is 4.79 Å². The number of nitrogens with zero attached hydrogens (tertiary/aromatic N) is 1. The number of carbonyl (C=O) groups excluding carboxylic acids is 1. The lowest BCUT2D eigenvalue weighted by molar-refractivity contribution is -0.114. The Labute approximate surface area is 141 Å². The van der Waals surface area contributed by atoms with Gasteiger partial charge in [-0.05, 0) is 31.5 Å². The van der Waals surface area contributed by atoms with Crippen molar-refractivity contribution in [2.75, 3.05) is 25.0 Å². The maximum Gasteiger partial charge on any atom is 0.246 e. The van der Waals surface area contributed by atoms with Gasteiger partial charge in [-0.15, -0.1) is 24.0 Å². The molecule has 21 heavy (non-hydrogen) atoms. The Kier molecular flexibility index (Phi) is 10.6. The van der Waals surface area contributed by atoms with Gasteiger partial charge in [0.1, 0.15) is 12.4 Å². The van der Waals surface area contributed by atoms with E-state index < -0.39 is 0 Å². The van der Waals surface area contributed by atoms with Crippen LogP contribution in [0.4, 0.5) is 10.1 Å². The fourth-order valence-electron chi connectivity index (χ4n) is 1.50. The molecule has 5 nitrogen and oxygen atoms in total. The summed E-state index contributed by atoms with van der Waals surface area (Å²) in [5.41, 5.74) is 0.428. The third-order valence-electron chi connectivity index (χ3n) is 2.38. The lowest BCUT2D eigenvalue weighted by Crippen LogP contribution is -2.38. The zero-order chi connectivity index (χ0) is 14.8. The molecule has 0 aliphatic rings. The van der Waals surface area contributed by atoms with Gasteiger partial charge in [0.25, 0.3) is 0 Å². The molecular formula is C14H22FIN4O. The monoisotopic (exact) mass is 408 g/mol. The first kappa shape index (κ1) is 19.6. The molecular weight excluding hydrogens is 386 g/mol. The molecule has 0 fully saturated rings. The topological polar surface area (TPSA) is 65.5 Å². The van der Waals surface area contributed by atoms with Crippen LogP contribution in [0.25, 0.3) is 0 Å². The van der Waals surface area contributed by atoms with Gasteiger partial charge in [-0.2, -0.15) is 0 Å². The van der Waals surface area contributed by atoms with E-state index in [1.165, 1.54) is 12.1 Å². The van der Waals surface area contributed by atoms with Gasteiger partial charge in [0.05, 0.1) is 0 Å². The van der Waals surface area contributed by atoms with Crippen molar-refractivity contribution < 1.29 is 9.18 Å². The lowest BCUT2D eigenvalue weighted by Gasteiger charge is -2.10. The highest BCUT2D eigenvalue weighted by molar-refractivity contribution is 14.0. The summed E-state index contributed by atoms with van der Waals surface area (Å²) < 4.78 is 13.0. The number of amides is 1. The Hall–Kier alpha value is -1.38. The molecule has 0 aliphatic carbocycles. The molecule has 0 heterocycles. The number of guanidine groups is 1. The average Bonchev–Trinajstić information content (AvgIpc) is 2.42. The summed E-state index contributed by atoms with van der Waals surface area (Å²) in [5, 5.41) is 8.74. The molecule has 7 heteroatoms. The van der Waals surface area contributed by atoms with E-state index in [9.17, 15) is 9.18 Å². The second-order valence-electron chi connectivity index (χ2n) is 4.18. The van der Waals surface area contributed by atoms with Crippen molar-refractivity contribution in [2.45, 2.75) is 20.3 Å². The molecule has 3 N–H and O–H groups in total. The van der Waals surface area contributed by atoms with Crippen LogP contribution in [0.15, 0.2) is 29.3 Å². The zero-order valence-electron chi connectivity index (χ0n) is 12.3. The van der Waals surface area contributed by atoms with Gasteiger partial charge in [-0.3, -0.25) is 4.79 Å². The fraction of sp³-hybridized carbons (Fsp3) is 0.429. The SMILES string of the molecule is CCCNC(=NCC(=O)Nc1cccc(F)c1)NCC.I. The van der Waals surface area contributed by atoms with Gasteiger partial charge in [0.2, 0.25) is 5.91 Å². The highest BCUT2D eigenvalue weighted by Gasteiger charge is 2.03. The summed E-state index contributed by atoms with van der Waals surface area (Å²) >= 11 is 0. The van der Waals surface area contributed by atoms with Crippen LogP contribution >= 0.6 is 24.0 Å². The molecule has 0 unspecified atom stereocenters. The second-order valence-corrected chi connectivity index (χ2v) is 4.18. The number of anilines is 1. The Morgan fingerprint density at radius 3 is 2.67 bits per heavy atom. The molecule has 1 amide bonds. The van der Waals surface area contributed by atoms with Gasteiger partial charge < -0.3 is 16.0 Å². The quantitative estimate of drug-likeness (QED) is 0.385. The Morgan fingerprint density at radius 2 is 2.05 bits per heavy atom. The van der Waals surface area contributed by atoms with E-state index in [2.05, 4.69) is 20.9 Å². The number of nitrogens with one attached hydrogen (secondary N) is 3. The first-order valence-corrected chi connectivity index (χ1v) is 6.73. The standard InChI is InChI=1S/C14H21FN4O.HI/c1-3-8-17-14(16-4-2)18-10-13(20)19-12-7-5-6-11(15)9-12;/h5-7,9H,3-4,8,10H2,1-2H3,(H,19,20)(H2,16,17,18);1H. The normalized spacial score (nSPS) is 10.5. The highest BCUT2D eigenvalue weighted by Crippen LogP contribution is 2.08. The number of hydrogen-bond acceptors (Lipinski definition) is 2. The van der Waals surface area contributed by atoms with Crippen molar-refractivity contribution in [3.8, 4) is 0 Å². The summed E-state index contributed by atoms with van der Waals surface area (Å²) in [5.74, 6) is -0.0719. The van der Waals surface area contributed by atoms with E-state index in [1.54, 1.807) is 12.1 Å². The number of hydrogen-bond donors (Lipinski definition) is 3. The maximum absolute atomic E-state index is 13.0. The molecule has 0 spiro atoms. The van der Waals surface area contributed by atoms with E-state index in [4.69, 9.17) is 0 Å². The molecule has 118 valence electrons.